The molecule has 2 aromatic rings. The molecule has 8 nitrogen and oxygen atoms in total. The number of carbonyl (C=O) groups excluding carboxylic acids is 3. The van der Waals surface area contributed by atoms with E-state index in [0.29, 0.717) is 17.2 Å². The molecular weight excluding hydrogens is 350 g/mol. The first kappa shape index (κ1) is 18.5. The number of imide groups is 1. The molecule has 2 heterocycles. The van der Waals surface area contributed by atoms with E-state index in [1.165, 1.54) is 7.11 Å². The molecule has 0 bridgehead atoms. The van der Waals surface area contributed by atoms with E-state index >= 15 is 0 Å². The minimum absolute atomic E-state index is 0.255. The van der Waals surface area contributed by atoms with Gasteiger partial charge in [0.05, 0.1) is 26.5 Å². The monoisotopic (exact) mass is 371 g/mol. The predicted octanol–water partition coefficient (Wildman–Crippen LogP) is 1.77. The lowest BCUT2D eigenvalue weighted by Gasteiger charge is -2.22. The van der Waals surface area contributed by atoms with Crippen LogP contribution in [0, 0.1) is 0 Å². The van der Waals surface area contributed by atoms with Crippen LogP contribution in [-0.4, -0.2) is 53.9 Å². The van der Waals surface area contributed by atoms with E-state index < -0.39 is 17.5 Å². The van der Waals surface area contributed by atoms with Gasteiger partial charge in [0.15, 0.2) is 17.3 Å². The molecule has 1 fully saturated rings. The van der Waals surface area contributed by atoms with Crippen molar-refractivity contribution in [1.29, 1.82) is 0 Å². The number of nitrogens with one attached hydrogen (secondary N) is 2. The molecule has 1 aliphatic heterocycles. The normalized spacial score (nSPS) is 19.1. The highest BCUT2D eigenvalue weighted by molar-refractivity contribution is 6.10. The fourth-order valence-corrected chi connectivity index (χ4v) is 3.14. The number of rotatable bonds is 7. The second-order valence-corrected chi connectivity index (χ2v) is 6.53. The van der Waals surface area contributed by atoms with Gasteiger partial charge in [0.25, 0.3) is 5.91 Å². The molecule has 142 valence electrons. The van der Waals surface area contributed by atoms with Crippen LogP contribution in [0.5, 0.6) is 11.5 Å². The van der Waals surface area contributed by atoms with Gasteiger partial charge in [-0.3, -0.25) is 14.5 Å². The van der Waals surface area contributed by atoms with Crippen molar-refractivity contribution in [3.05, 3.63) is 47.8 Å². The summed E-state index contributed by atoms with van der Waals surface area (Å²) in [7, 11) is 3.07. The number of carbonyl (C=O) groups is 3. The molecular formula is C19H21N3O5. The Labute approximate surface area is 156 Å². The minimum Gasteiger partial charge on any atom is -0.493 e. The van der Waals surface area contributed by atoms with E-state index in [1.54, 1.807) is 50.6 Å². The lowest BCUT2D eigenvalue weighted by Crippen LogP contribution is -2.46. The van der Waals surface area contributed by atoms with Crippen molar-refractivity contribution in [2.24, 2.45) is 0 Å². The number of aromatic amines is 1. The maximum atomic E-state index is 12.8. The number of amides is 3. The Kier molecular flexibility index (Phi) is 4.89. The maximum Gasteiger partial charge on any atom is 0.325 e. The van der Waals surface area contributed by atoms with Crippen molar-refractivity contribution in [3.63, 3.8) is 0 Å². The lowest BCUT2D eigenvalue weighted by molar-refractivity contribution is -0.130. The summed E-state index contributed by atoms with van der Waals surface area (Å²) in [4.78, 5) is 41.1. The largest absolute Gasteiger partial charge is 0.493 e. The highest BCUT2D eigenvalue weighted by Crippen LogP contribution is 2.30. The van der Waals surface area contributed by atoms with Crippen molar-refractivity contribution in [2.45, 2.75) is 18.9 Å². The molecule has 0 aliphatic carbocycles. The first-order valence-corrected chi connectivity index (χ1v) is 8.39. The molecule has 1 aromatic carbocycles. The molecule has 1 saturated heterocycles. The van der Waals surface area contributed by atoms with Gasteiger partial charge in [0.2, 0.25) is 0 Å². The van der Waals surface area contributed by atoms with Gasteiger partial charge in [0.1, 0.15) is 5.54 Å². The number of benzene rings is 1. The van der Waals surface area contributed by atoms with Gasteiger partial charge in [-0.05, 0) is 36.8 Å². The number of aromatic nitrogens is 1. The quantitative estimate of drug-likeness (QED) is 0.571. The number of H-pyrrole nitrogens is 1. The summed E-state index contributed by atoms with van der Waals surface area (Å²) in [5, 5.41) is 2.70. The lowest BCUT2D eigenvalue weighted by atomic mass is 9.92. The summed E-state index contributed by atoms with van der Waals surface area (Å²) in [6.07, 6.45) is 1.87. The summed E-state index contributed by atoms with van der Waals surface area (Å²) in [6, 6.07) is 8.01. The van der Waals surface area contributed by atoms with E-state index in [2.05, 4.69) is 10.3 Å². The number of methoxy groups -OCH3 is 2. The summed E-state index contributed by atoms with van der Waals surface area (Å²) in [5.41, 5.74) is -0.00221. The Balaban J connectivity index is 1.77. The Hall–Kier alpha value is -3.29. The SMILES string of the molecule is COc1ccc(CC2(C)NC(=O)N(CC(=O)c3ccc[nH]3)C2=O)cc1OC. The van der Waals surface area contributed by atoms with Gasteiger partial charge >= 0.3 is 6.03 Å². The third-order valence-electron chi connectivity index (χ3n) is 4.55. The van der Waals surface area contributed by atoms with Crippen molar-refractivity contribution in [3.8, 4) is 11.5 Å². The molecule has 0 spiro atoms. The van der Waals surface area contributed by atoms with Crippen molar-refractivity contribution >= 4 is 17.7 Å². The second-order valence-electron chi connectivity index (χ2n) is 6.53. The molecule has 2 N–H and O–H groups in total. The summed E-state index contributed by atoms with van der Waals surface area (Å²) < 4.78 is 10.5. The molecule has 0 saturated carbocycles. The fraction of sp³-hybridized carbons (Fsp3) is 0.316. The summed E-state index contributed by atoms with van der Waals surface area (Å²) >= 11 is 0. The molecule has 1 aliphatic rings. The van der Waals surface area contributed by atoms with Gasteiger partial charge in [0, 0.05) is 12.6 Å². The Bertz CT molecular complexity index is 877. The number of ketones is 1. The van der Waals surface area contributed by atoms with Crippen LogP contribution in [0.1, 0.15) is 23.0 Å². The van der Waals surface area contributed by atoms with Gasteiger partial charge in [-0.1, -0.05) is 6.07 Å². The number of urea groups is 1. The molecule has 27 heavy (non-hydrogen) atoms. The fourth-order valence-electron chi connectivity index (χ4n) is 3.14. The Morgan fingerprint density at radius 3 is 2.52 bits per heavy atom. The predicted molar refractivity (Wildman–Crippen MR) is 97.0 cm³/mol. The zero-order valence-corrected chi connectivity index (χ0v) is 15.4. The number of nitrogens with zero attached hydrogens (tertiary/aromatic N) is 1. The van der Waals surface area contributed by atoms with Crippen LogP contribution >= 0.6 is 0 Å². The Morgan fingerprint density at radius 1 is 1.15 bits per heavy atom. The smallest absolute Gasteiger partial charge is 0.325 e. The van der Waals surface area contributed by atoms with Gasteiger partial charge in [-0.2, -0.15) is 0 Å². The van der Waals surface area contributed by atoms with Crippen LogP contribution in [0.4, 0.5) is 4.79 Å². The zero-order valence-electron chi connectivity index (χ0n) is 15.4. The molecule has 3 amide bonds. The van der Waals surface area contributed by atoms with Crippen molar-refractivity contribution in [2.75, 3.05) is 20.8 Å². The molecule has 1 atom stereocenters. The molecule has 1 aromatic heterocycles. The van der Waals surface area contributed by atoms with Gasteiger partial charge in [-0.15, -0.1) is 0 Å². The molecule has 3 rings (SSSR count). The highest BCUT2D eigenvalue weighted by atomic mass is 16.5. The second kappa shape index (κ2) is 7.14. The first-order valence-electron chi connectivity index (χ1n) is 8.39. The zero-order chi connectivity index (χ0) is 19.6. The molecule has 0 radical (unpaired) electrons. The van der Waals surface area contributed by atoms with Crippen LogP contribution in [-0.2, 0) is 11.2 Å². The summed E-state index contributed by atoms with van der Waals surface area (Å²) in [5.74, 6) is 0.335. The van der Waals surface area contributed by atoms with E-state index in [-0.39, 0.29) is 18.7 Å². The average Bonchev–Trinajstić information content (AvgIpc) is 3.25. The minimum atomic E-state index is -1.15. The van der Waals surface area contributed by atoms with Gasteiger partial charge < -0.3 is 19.8 Å². The number of ether oxygens (including phenoxy) is 2. The van der Waals surface area contributed by atoms with E-state index in [1.807, 2.05) is 0 Å². The third kappa shape index (κ3) is 3.51. The maximum absolute atomic E-state index is 12.8. The first-order chi connectivity index (χ1) is 12.9. The topological polar surface area (TPSA) is 101 Å². The van der Waals surface area contributed by atoms with Crippen LogP contribution in [0.3, 0.4) is 0 Å². The number of hydrogen-bond donors (Lipinski definition) is 2. The van der Waals surface area contributed by atoms with Crippen LogP contribution < -0.4 is 14.8 Å². The summed E-state index contributed by atoms with van der Waals surface area (Å²) in [6.45, 7) is 1.33. The molecule has 1 unspecified atom stereocenters. The van der Waals surface area contributed by atoms with Crippen molar-refractivity contribution < 1.29 is 23.9 Å². The van der Waals surface area contributed by atoms with Crippen LogP contribution in [0.15, 0.2) is 36.5 Å². The van der Waals surface area contributed by atoms with Crippen LogP contribution in [0.2, 0.25) is 0 Å². The van der Waals surface area contributed by atoms with Gasteiger partial charge in [-0.25, -0.2) is 4.79 Å². The third-order valence-corrected chi connectivity index (χ3v) is 4.55. The average molecular weight is 371 g/mol. The van der Waals surface area contributed by atoms with Crippen LogP contribution in [0.25, 0.3) is 0 Å². The number of hydrogen-bond acceptors (Lipinski definition) is 5. The van der Waals surface area contributed by atoms with E-state index in [4.69, 9.17) is 9.47 Å². The highest BCUT2D eigenvalue weighted by Gasteiger charge is 2.48. The molecule has 8 heteroatoms. The van der Waals surface area contributed by atoms with E-state index in [9.17, 15) is 14.4 Å². The number of Topliss-reactive ketones (excluding diaryl/α,β-unsaturated/α-hetero) is 1. The Morgan fingerprint density at radius 2 is 1.89 bits per heavy atom. The van der Waals surface area contributed by atoms with E-state index in [0.717, 1.165) is 10.5 Å². The van der Waals surface area contributed by atoms with Crippen molar-refractivity contribution in [1.82, 2.24) is 15.2 Å². The standard InChI is InChI=1S/C19H21N3O5/c1-19(10-12-6-7-15(26-2)16(9-12)27-3)17(24)22(18(25)21-19)11-14(23)13-5-4-8-20-13/h4-9,20H,10-11H2,1-3H3,(H,21,25).